The van der Waals surface area contributed by atoms with Crippen molar-refractivity contribution in [2.75, 3.05) is 18.0 Å². The number of aryl methyl sites for hydroxylation is 1. The van der Waals surface area contributed by atoms with Crippen molar-refractivity contribution in [1.82, 2.24) is 15.1 Å². The molecule has 22 heavy (non-hydrogen) atoms. The van der Waals surface area contributed by atoms with Gasteiger partial charge in [0.15, 0.2) is 0 Å². The Labute approximate surface area is 130 Å². The number of amides is 1. The van der Waals surface area contributed by atoms with Crippen molar-refractivity contribution in [2.24, 2.45) is 0 Å². The smallest absolute Gasteiger partial charge is 0.244 e. The van der Waals surface area contributed by atoms with Crippen molar-refractivity contribution in [2.45, 2.75) is 32.9 Å². The third-order valence-electron chi connectivity index (χ3n) is 4.39. The van der Waals surface area contributed by atoms with Gasteiger partial charge in [0.1, 0.15) is 0 Å². The molecule has 0 saturated carbocycles. The van der Waals surface area contributed by atoms with Gasteiger partial charge in [0.25, 0.3) is 0 Å². The molecule has 3 rings (SSSR count). The Hall–Kier alpha value is -2.14. The van der Waals surface area contributed by atoms with Crippen LogP contribution in [-0.4, -0.2) is 40.1 Å². The largest absolute Gasteiger partial charge is 0.311 e. The number of hydrogen-bond donors (Lipinski definition) is 1. The second-order valence-corrected chi connectivity index (χ2v) is 5.72. The molecule has 5 heteroatoms. The summed E-state index contributed by atoms with van der Waals surface area (Å²) >= 11 is 0. The number of H-pyrrole nitrogens is 1. The Balaban J connectivity index is 1.74. The molecule has 0 bridgehead atoms. The van der Waals surface area contributed by atoms with Gasteiger partial charge in [-0.3, -0.25) is 14.8 Å². The van der Waals surface area contributed by atoms with Crippen LogP contribution in [0.3, 0.4) is 0 Å². The SMILES string of the molecule is CCN(Cc1[nH]ncc1C)C1CCN(c2ccccc2)C1=O. The van der Waals surface area contributed by atoms with Gasteiger partial charge in [-0.2, -0.15) is 5.10 Å². The van der Waals surface area contributed by atoms with Gasteiger partial charge in [0.05, 0.1) is 17.9 Å². The molecule has 1 fully saturated rings. The van der Waals surface area contributed by atoms with E-state index in [1.807, 2.05) is 48.4 Å². The Kier molecular flexibility index (Phi) is 4.24. The highest BCUT2D eigenvalue weighted by Gasteiger charge is 2.36. The molecule has 0 spiro atoms. The Morgan fingerprint density at radius 1 is 1.36 bits per heavy atom. The maximum Gasteiger partial charge on any atom is 0.244 e. The first-order valence-corrected chi connectivity index (χ1v) is 7.80. The second kappa shape index (κ2) is 6.32. The molecule has 1 unspecified atom stereocenters. The highest BCUT2D eigenvalue weighted by Crippen LogP contribution is 2.25. The lowest BCUT2D eigenvalue weighted by Gasteiger charge is -2.26. The van der Waals surface area contributed by atoms with Gasteiger partial charge in [-0.05, 0) is 37.6 Å². The molecule has 2 heterocycles. The standard InChI is InChI=1S/C17H22N4O/c1-3-20(12-15-13(2)11-18-19-15)16-9-10-21(17(16)22)14-7-5-4-6-8-14/h4-8,11,16H,3,9-10,12H2,1-2H3,(H,18,19). The predicted octanol–water partition coefficient (Wildman–Crippen LogP) is 2.35. The van der Waals surface area contributed by atoms with Crippen LogP contribution >= 0.6 is 0 Å². The molecular formula is C17H22N4O. The fourth-order valence-corrected chi connectivity index (χ4v) is 3.05. The normalized spacial score (nSPS) is 18.4. The lowest BCUT2D eigenvalue weighted by Crippen LogP contribution is -2.41. The predicted molar refractivity (Wildman–Crippen MR) is 86.6 cm³/mol. The third kappa shape index (κ3) is 2.76. The minimum absolute atomic E-state index is 0.0482. The van der Waals surface area contributed by atoms with Crippen LogP contribution in [0.4, 0.5) is 5.69 Å². The van der Waals surface area contributed by atoms with Crippen molar-refractivity contribution in [3.8, 4) is 0 Å². The molecule has 1 aliphatic rings. The average molecular weight is 298 g/mol. The number of nitrogens with one attached hydrogen (secondary N) is 1. The highest BCUT2D eigenvalue weighted by atomic mass is 16.2. The van der Waals surface area contributed by atoms with E-state index in [0.29, 0.717) is 0 Å². The quantitative estimate of drug-likeness (QED) is 0.922. The zero-order valence-electron chi connectivity index (χ0n) is 13.1. The van der Waals surface area contributed by atoms with E-state index in [9.17, 15) is 4.79 Å². The molecule has 5 nitrogen and oxygen atoms in total. The van der Waals surface area contributed by atoms with Crippen molar-refractivity contribution >= 4 is 11.6 Å². The van der Waals surface area contributed by atoms with Gasteiger partial charge in [-0.1, -0.05) is 25.1 Å². The van der Waals surface area contributed by atoms with Gasteiger partial charge in [0, 0.05) is 18.8 Å². The molecule has 1 amide bonds. The molecule has 1 saturated heterocycles. The molecule has 0 radical (unpaired) electrons. The van der Waals surface area contributed by atoms with E-state index in [-0.39, 0.29) is 11.9 Å². The van der Waals surface area contributed by atoms with Crippen LogP contribution in [0.15, 0.2) is 36.5 Å². The first kappa shape index (κ1) is 14.8. The van der Waals surface area contributed by atoms with Crippen molar-refractivity contribution in [3.05, 3.63) is 47.8 Å². The molecule has 116 valence electrons. The number of benzene rings is 1. The van der Waals surface area contributed by atoms with Crippen LogP contribution in [0.1, 0.15) is 24.6 Å². The third-order valence-corrected chi connectivity index (χ3v) is 4.39. The molecule has 1 atom stereocenters. The summed E-state index contributed by atoms with van der Waals surface area (Å²) in [7, 11) is 0. The number of carbonyl (C=O) groups is 1. The molecular weight excluding hydrogens is 276 g/mol. The number of carbonyl (C=O) groups excluding carboxylic acids is 1. The zero-order chi connectivity index (χ0) is 15.5. The fraction of sp³-hybridized carbons (Fsp3) is 0.412. The van der Waals surface area contributed by atoms with Crippen molar-refractivity contribution in [3.63, 3.8) is 0 Å². The molecule has 0 aliphatic carbocycles. The van der Waals surface area contributed by atoms with Gasteiger partial charge in [-0.25, -0.2) is 0 Å². The molecule has 1 N–H and O–H groups in total. The van der Waals surface area contributed by atoms with E-state index in [0.717, 1.165) is 43.0 Å². The highest BCUT2D eigenvalue weighted by molar-refractivity contribution is 5.99. The van der Waals surface area contributed by atoms with Crippen LogP contribution in [0.25, 0.3) is 0 Å². The molecule has 1 aromatic carbocycles. The summed E-state index contributed by atoms with van der Waals surface area (Å²) < 4.78 is 0. The number of anilines is 1. The first-order chi connectivity index (χ1) is 10.7. The number of likely N-dealkylation sites (N-methyl/N-ethyl adjacent to an activating group) is 1. The van der Waals surface area contributed by atoms with E-state index >= 15 is 0 Å². The van der Waals surface area contributed by atoms with Crippen molar-refractivity contribution in [1.29, 1.82) is 0 Å². The maximum absolute atomic E-state index is 12.8. The number of rotatable bonds is 5. The van der Waals surface area contributed by atoms with E-state index in [1.54, 1.807) is 0 Å². The Morgan fingerprint density at radius 3 is 2.77 bits per heavy atom. The van der Waals surface area contributed by atoms with Crippen molar-refractivity contribution < 1.29 is 4.79 Å². The number of nitrogens with zero attached hydrogens (tertiary/aromatic N) is 3. The van der Waals surface area contributed by atoms with E-state index in [4.69, 9.17) is 0 Å². The van der Waals surface area contributed by atoms with Gasteiger partial charge in [-0.15, -0.1) is 0 Å². The minimum Gasteiger partial charge on any atom is -0.311 e. The summed E-state index contributed by atoms with van der Waals surface area (Å²) in [5, 5.41) is 7.11. The van der Waals surface area contributed by atoms with Crippen LogP contribution in [0.5, 0.6) is 0 Å². The zero-order valence-corrected chi connectivity index (χ0v) is 13.1. The maximum atomic E-state index is 12.8. The summed E-state index contributed by atoms with van der Waals surface area (Å²) in [6, 6.07) is 9.86. The number of aromatic nitrogens is 2. The monoisotopic (exact) mass is 298 g/mol. The Bertz CT molecular complexity index is 637. The van der Waals surface area contributed by atoms with E-state index < -0.39 is 0 Å². The van der Waals surface area contributed by atoms with E-state index in [2.05, 4.69) is 22.0 Å². The fourth-order valence-electron chi connectivity index (χ4n) is 3.05. The van der Waals surface area contributed by atoms with Crippen LogP contribution in [-0.2, 0) is 11.3 Å². The summed E-state index contributed by atoms with van der Waals surface area (Å²) in [4.78, 5) is 16.9. The average Bonchev–Trinajstić information content (AvgIpc) is 3.12. The summed E-state index contributed by atoms with van der Waals surface area (Å²) in [5.74, 6) is 0.199. The Morgan fingerprint density at radius 2 is 2.14 bits per heavy atom. The number of hydrogen-bond acceptors (Lipinski definition) is 3. The lowest BCUT2D eigenvalue weighted by molar-refractivity contribution is -0.121. The molecule has 1 aliphatic heterocycles. The van der Waals surface area contributed by atoms with E-state index in [1.165, 1.54) is 0 Å². The summed E-state index contributed by atoms with van der Waals surface area (Å²) in [6.07, 6.45) is 2.70. The summed E-state index contributed by atoms with van der Waals surface area (Å²) in [6.45, 7) is 6.51. The second-order valence-electron chi connectivity index (χ2n) is 5.72. The first-order valence-electron chi connectivity index (χ1n) is 7.80. The number of para-hydroxylation sites is 1. The van der Waals surface area contributed by atoms with Crippen LogP contribution in [0, 0.1) is 6.92 Å². The van der Waals surface area contributed by atoms with Crippen LogP contribution < -0.4 is 4.90 Å². The van der Waals surface area contributed by atoms with Crippen LogP contribution in [0.2, 0.25) is 0 Å². The van der Waals surface area contributed by atoms with Gasteiger partial charge in [0.2, 0.25) is 5.91 Å². The topological polar surface area (TPSA) is 52.2 Å². The van der Waals surface area contributed by atoms with Gasteiger partial charge < -0.3 is 4.90 Å². The number of aromatic amines is 1. The lowest BCUT2D eigenvalue weighted by atomic mass is 10.2. The van der Waals surface area contributed by atoms with Gasteiger partial charge >= 0.3 is 0 Å². The minimum atomic E-state index is -0.0482. The molecule has 1 aromatic heterocycles. The molecule has 2 aromatic rings. The summed E-state index contributed by atoms with van der Waals surface area (Å²) in [5.41, 5.74) is 3.22.